The Morgan fingerprint density at radius 3 is 2.26 bits per heavy atom. The van der Waals surface area contributed by atoms with Crippen LogP contribution in [0.25, 0.3) is 0 Å². The maximum atomic E-state index is 12.1. The summed E-state index contributed by atoms with van der Waals surface area (Å²) >= 11 is 0. The summed E-state index contributed by atoms with van der Waals surface area (Å²) in [4.78, 5) is 35.9. The molecule has 0 fully saturated rings. The van der Waals surface area contributed by atoms with E-state index in [1.807, 2.05) is 31.2 Å². The van der Waals surface area contributed by atoms with Gasteiger partial charge in [0.15, 0.2) is 6.61 Å². The molecule has 3 aromatic rings. The summed E-state index contributed by atoms with van der Waals surface area (Å²) in [6.45, 7) is 1.97. The van der Waals surface area contributed by atoms with Crippen molar-refractivity contribution in [3.05, 3.63) is 89.5 Å². The molecule has 0 heterocycles. The second-order valence-electron chi connectivity index (χ2n) is 7.45. The van der Waals surface area contributed by atoms with Gasteiger partial charge in [-0.1, -0.05) is 30.3 Å². The fourth-order valence-corrected chi connectivity index (χ4v) is 2.92. The lowest BCUT2D eigenvalue weighted by Gasteiger charge is -2.09. The minimum absolute atomic E-state index is 0.135. The smallest absolute Gasteiger partial charge is 0.329 e. The average Bonchev–Trinajstić information content (AvgIpc) is 2.88. The van der Waals surface area contributed by atoms with Gasteiger partial charge in [0.1, 0.15) is 11.5 Å². The number of methoxy groups -OCH3 is 1. The minimum atomic E-state index is -0.880. The highest BCUT2D eigenvalue weighted by molar-refractivity contribution is 6.35. The zero-order valence-corrected chi connectivity index (χ0v) is 19.4. The van der Waals surface area contributed by atoms with Gasteiger partial charge >= 0.3 is 11.8 Å². The second kappa shape index (κ2) is 12.5. The first kappa shape index (κ1) is 25.0. The highest BCUT2D eigenvalue weighted by atomic mass is 16.5. The summed E-state index contributed by atoms with van der Waals surface area (Å²) < 4.78 is 10.6. The number of ether oxygens (including phenoxy) is 2. The van der Waals surface area contributed by atoms with Gasteiger partial charge < -0.3 is 20.1 Å². The van der Waals surface area contributed by atoms with E-state index in [9.17, 15) is 14.4 Å². The third-order valence-corrected chi connectivity index (χ3v) is 4.87. The quantitative estimate of drug-likeness (QED) is 0.250. The largest absolute Gasteiger partial charge is 0.497 e. The first-order chi connectivity index (χ1) is 16.9. The summed E-state index contributed by atoms with van der Waals surface area (Å²) in [6, 6.07) is 21.3. The van der Waals surface area contributed by atoms with Crippen molar-refractivity contribution < 1.29 is 23.9 Å². The lowest BCUT2D eigenvalue weighted by molar-refractivity contribution is -0.139. The van der Waals surface area contributed by atoms with Crippen molar-refractivity contribution in [1.29, 1.82) is 0 Å². The van der Waals surface area contributed by atoms with Gasteiger partial charge in [-0.3, -0.25) is 14.4 Å². The number of hydrazone groups is 1. The normalized spacial score (nSPS) is 10.5. The van der Waals surface area contributed by atoms with Crippen LogP contribution in [0.2, 0.25) is 0 Å². The van der Waals surface area contributed by atoms with E-state index >= 15 is 0 Å². The topological polar surface area (TPSA) is 118 Å². The summed E-state index contributed by atoms with van der Waals surface area (Å²) in [5.74, 6) is -0.739. The number of carbonyl (C=O) groups is 3. The monoisotopic (exact) mass is 474 g/mol. The third kappa shape index (κ3) is 8.01. The molecule has 9 nitrogen and oxygen atoms in total. The van der Waals surface area contributed by atoms with E-state index in [0.29, 0.717) is 17.1 Å². The van der Waals surface area contributed by atoms with Crippen LogP contribution in [0, 0.1) is 6.92 Å². The molecule has 0 aliphatic rings. The molecule has 3 amide bonds. The van der Waals surface area contributed by atoms with E-state index in [1.165, 1.54) is 6.21 Å². The van der Waals surface area contributed by atoms with Crippen molar-refractivity contribution in [3.63, 3.8) is 0 Å². The van der Waals surface area contributed by atoms with Crippen LogP contribution >= 0.6 is 0 Å². The van der Waals surface area contributed by atoms with Crippen LogP contribution in [0.5, 0.6) is 11.5 Å². The van der Waals surface area contributed by atoms with E-state index < -0.39 is 11.8 Å². The van der Waals surface area contributed by atoms with Gasteiger partial charge in [0, 0.05) is 12.2 Å². The molecular weight excluding hydrogens is 448 g/mol. The van der Waals surface area contributed by atoms with E-state index in [1.54, 1.807) is 55.6 Å². The average molecular weight is 475 g/mol. The van der Waals surface area contributed by atoms with Gasteiger partial charge in [-0.25, -0.2) is 5.43 Å². The molecule has 0 bridgehead atoms. The second-order valence-corrected chi connectivity index (χ2v) is 7.45. The van der Waals surface area contributed by atoms with Gasteiger partial charge in [-0.15, -0.1) is 0 Å². The van der Waals surface area contributed by atoms with E-state index in [-0.39, 0.29) is 19.1 Å². The molecule has 35 heavy (non-hydrogen) atoms. The summed E-state index contributed by atoms with van der Waals surface area (Å²) in [6.07, 6.45) is 1.39. The maximum absolute atomic E-state index is 12.1. The number of hydrogen-bond acceptors (Lipinski definition) is 6. The molecule has 3 N–H and O–H groups in total. The number of anilines is 1. The number of nitrogens with zero attached hydrogens (tertiary/aromatic N) is 1. The van der Waals surface area contributed by atoms with Gasteiger partial charge in [0.25, 0.3) is 5.91 Å². The van der Waals surface area contributed by atoms with Crippen molar-refractivity contribution in [2.24, 2.45) is 5.10 Å². The minimum Gasteiger partial charge on any atom is -0.497 e. The molecule has 0 aromatic heterocycles. The Kier molecular flexibility index (Phi) is 8.95. The zero-order valence-electron chi connectivity index (χ0n) is 19.4. The van der Waals surface area contributed by atoms with Crippen molar-refractivity contribution in [2.75, 3.05) is 19.0 Å². The summed E-state index contributed by atoms with van der Waals surface area (Å²) in [5, 5.41) is 9.11. The van der Waals surface area contributed by atoms with Crippen LogP contribution < -0.4 is 25.5 Å². The molecule has 0 unspecified atom stereocenters. The number of amides is 3. The lowest BCUT2D eigenvalue weighted by atomic mass is 10.2. The Balaban J connectivity index is 1.39. The van der Waals surface area contributed by atoms with Crippen LogP contribution in [0.1, 0.15) is 16.7 Å². The number of hydrogen-bond donors (Lipinski definition) is 3. The number of carbonyl (C=O) groups excluding carboxylic acids is 3. The molecule has 0 spiro atoms. The van der Waals surface area contributed by atoms with Crippen molar-refractivity contribution in [1.82, 2.24) is 10.7 Å². The van der Waals surface area contributed by atoms with Crippen molar-refractivity contribution in [3.8, 4) is 11.5 Å². The van der Waals surface area contributed by atoms with Crippen LogP contribution in [0.3, 0.4) is 0 Å². The highest BCUT2D eigenvalue weighted by Crippen LogP contribution is 2.14. The van der Waals surface area contributed by atoms with Gasteiger partial charge in [-0.2, -0.15) is 5.10 Å². The third-order valence-electron chi connectivity index (χ3n) is 4.87. The van der Waals surface area contributed by atoms with Crippen LogP contribution in [-0.4, -0.2) is 37.7 Å². The van der Waals surface area contributed by atoms with E-state index in [0.717, 1.165) is 16.8 Å². The van der Waals surface area contributed by atoms with Crippen LogP contribution in [0.15, 0.2) is 77.9 Å². The Labute approximate surface area is 203 Å². The number of benzene rings is 3. The fourth-order valence-electron chi connectivity index (χ4n) is 2.92. The van der Waals surface area contributed by atoms with E-state index in [2.05, 4.69) is 21.2 Å². The Morgan fingerprint density at radius 1 is 0.886 bits per heavy atom. The maximum Gasteiger partial charge on any atom is 0.329 e. The predicted octanol–water partition coefficient (Wildman–Crippen LogP) is 2.79. The molecule has 0 atom stereocenters. The lowest BCUT2D eigenvalue weighted by Crippen LogP contribution is -2.37. The molecular formula is C26H26N4O5. The Hall–Kier alpha value is -4.66. The number of para-hydroxylation sites is 1. The summed E-state index contributed by atoms with van der Waals surface area (Å²) in [7, 11) is 1.57. The molecule has 0 aliphatic heterocycles. The predicted molar refractivity (Wildman–Crippen MR) is 132 cm³/mol. The van der Waals surface area contributed by atoms with E-state index in [4.69, 9.17) is 9.47 Å². The fraction of sp³-hybridized carbons (Fsp3) is 0.154. The Morgan fingerprint density at radius 2 is 1.57 bits per heavy atom. The molecule has 0 saturated heterocycles. The van der Waals surface area contributed by atoms with Gasteiger partial charge in [-0.05, 0) is 66.1 Å². The van der Waals surface area contributed by atoms with Crippen LogP contribution in [-0.2, 0) is 20.9 Å². The summed E-state index contributed by atoms with van der Waals surface area (Å²) in [5.41, 5.74) is 5.38. The van der Waals surface area contributed by atoms with Crippen molar-refractivity contribution in [2.45, 2.75) is 13.5 Å². The molecule has 0 radical (unpaired) electrons. The number of aryl methyl sites for hydroxylation is 1. The molecule has 0 aliphatic carbocycles. The number of nitrogens with one attached hydrogen (secondary N) is 3. The molecule has 180 valence electrons. The first-order valence-corrected chi connectivity index (χ1v) is 10.8. The highest BCUT2D eigenvalue weighted by Gasteiger charge is 2.12. The van der Waals surface area contributed by atoms with Crippen molar-refractivity contribution >= 4 is 29.6 Å². The molecule has 3 rings (SSSR count). The SMILES string of the molecule is COc1ccc(CNC(=O)C(=O)N/N=C\c2ccc(OCC(=O)Nc3ccccc3C)cc2)cc1. The molecule has 0 saturated carbocycles. The van der Waals surface area contributed by atoms with Gasteiger partial charge in [0.2, 0.25) is 0 Å². The first-order valence-electron chi connectivity index (χ1n) is 10.8. The van der Waals surface area contributed by atoms with Crippen LogP contribution in [0.4, 0.5) is 5.69 Å². The Bertz CT molecular complexity index is 1190. The number of rotatable bonds is 9. The zero-order chi connectivity index (χ0) is 25.0. The standard InChI is InChI=1S/C26H26N4O5/c1-18-5-3-4-6-23(18)29-24(31)17-35-22-13-9-20(10-14-22)16-28-30-26(33)25(32)27-15-19-7-11-21(34-2)12-8-19/h3-14,16H,15,17H2,1-2H3,(H,27,32)(H,29,31)(H,30,33)/b28-16-. The molecule has 9 heteroatoms. The molecule has 3 aromatic carbocycles. The van der Waals surface area contributed by atoms with Gasteiger partial charge in [0.05, 0.1) is 13.3 Å².